The van der Waals surface area contributed by atoms with Crippen LogP contribution in [0.4, 0.5) is 13.2 Å². The van der Waals surface area contributed by atoms with Crippen LogP contribution in [0, 0.1) is 0 Å². The van der Waals surface area contributed by atoms with Crippen molar-refractivity contribution in [3.05, 3.63) is 70.2 Å². The molecule has 8 heteroatoms. The van der Waals surface area contributed by atoms with Crippen molar-refractivity contribution >= 4 is 23.5 Å². The standard InChI is InChI=1S/C17H13ClF3NO3/c18-13-7-3-11(4-8-13)15(23)22-14(16(24)25)9-10-1-5-12(6-2-10)17(19,20)21/h1-8,14H,9H2,(H,22,23)(H,24,25)/t14-/m0/s1. The Balaban J connectivity index is 2.09. The molecule has 2 rings (SSSR count). The minimum absolute atomic E-state index is 0.146. The summed E-state index contributed by atoms with van der Waals surface area (Å²) in [5, 5.41) is 12.0. The lowest BCUT2D eigenvalue weighted by Gasteiger charge is -2.15. The van der Waals surface area contributed by atoms with E-state index in [0.717, 1.165) is 12.1 Å². The van der Waals surface area contributed by atoms with E-state index in [0.29, 0.717) is 10.6 Å². The maximum absolute atomic E-state index is 12.5. The summed E-state index contributed by atoms with van der Waals surface area (Å²) in [6, 6.07) is 8.69. The van der Waals surface area contributed by atoms with Crippen molar-refractivity contribution in [2.24, 2.45) is 0 Å². The van der Waals surface area contributed by atoms with Crippen LogP contribution < -0.4 is 5.32 Å². The zero-order chi connectivity index (χ0) is 18.6. The van der Waals surface area contributed by atoms with Gasteiger partial charge in [0.25, 0.3) is 5.91 Å². The van der Waals surface area contributed by atoms with Crippen LogP contribution in [0.15, 0.2) is 48.5 Å². The number of rotatable bonds is 5. The molecule has 0 spiro atoms. The molecule has 0 aromatic heterocycles. The molecule has 0 heterocycles. The number of carboxylic acid groups (broad SMARTS) is 1. The van der Waals surface area contributed by atoms with Gasteiger partial charge in [0.15, 0.2) is 0 Å². The highest BCUT2D eigenvalue weighted by Gasteiger charge is 2.30. The Bertz CT molecular complexity index is 758. The molecule has 2 aromatic carbocycles. The topological polar surface area (TPSA) is 66.4 Å². The summed E-state index contributed by atoms with van der Waals surface area (Å²) in [6.45, 7) is 0. The third kappa shape index (κ3) is 5.22. The summed E-state index contributed by atoms with van der Waals surface area (Å²) in [4.78, 5) is 23.4. The predicted octanol–water partition coefficient (Wildman–Crippen LogP) is 3.78. The summed E-state index contributed by atoms with van der Waals surface area (Å²) in [7, 11) is 0. The van der Waals surface area contributed by atoms with Gasteiger partial charge in [0, 0.05) is 17.0 Å². The SMILES string of the molecule is O=C(N[C@@H](Cc1ccc(C(F)(F)F)cc1)C(=O)O)c1ccc(Cl)cc1. The van der Waals surface area contributed by atoms with Crippen molar-refractivity contribution in [1.29, 1.82) is 0 Å². The fraction of sp³-hybridized carbons (Fsp3) is 0.176. The number of halogens is 4. The van der Waals surface area contributed by atoms with Gasteiger partial charge in [-0.15, -0.1) is 0 Å². The van der Waals surface area contributed by atoms with Crippen LogP contribution in [-0.2, 0) is 17.4 Å². The van der Waals surface area contributed by atoms with Crippen LogP contribution in [0.1, 0.15) is 21.5 Å². The molecule has 0 bridgehead atoms. The Kier molecular flexibility index (Phi) is 5.69. The van der Waals surface area contributed by atoms with E-state index < -0.39 is 29.7 Å². The van der Waals surface area contributed by atoms with Crippen LogP contribution in [0.3, 0.4) is 0 Å². The minimum Gasteiger partial charge on any atom is -0.480 e. The molecule has 132 valence electrons. The number of carbonyl (C=O) groups is 2. The number of benzene rings is 2. The van der Waals surface area contributed by atoms with Crippen molar-refractivity contribution in [1.82, 2.24) is 5.32 Å². The van der Waals surface area contributed by atoms with E-state index in [4.69, 9.17) is 11.6 Å². The molecule has 0 fully saturated rings. The van der Waals surface area contributed by atoms with Gasteiger partial charge in [-0.05, 0) is 42.0 Å². The van der Waals surface area contributed by atoms with Gasteiger partial charge in [-0.1, -0.05) is 23.7 Å². The molecule has 25 heavy (non-hydrogen) atoms. The molecule has 0 radical (unpaired) electrons. The smallest absolute Gasteiger partial charge is 0.416 e. The van der Waals surface area contributed by atoms with Gasteiger partial charge in [0.2, 0.25) is 0 Å². The van der Waals surface area contributed by atoms with Gasteiger partial charge in [-0.25, -0.2) is 4.79 Å². The number of amides is 1. The molecule has 0 unspecified atom stereocenters. The lowest BCUT2D eigenvalue weighted by Crippen LogP contribution is -2.42. The zero-order valence-electron chi connectivity index (χ0n) is 12.7. The molecule has 0 aliphatic rings. The molecule has 1 amide bonds. The number of carboxylic acids is 1. The quantitative estimate of drug-likeness (QED) is 0.840. The van der Waals surface area contributed by atoms with E-state index in [-0.39, 0.29) is 12.0 Å². The first-order valence-electron chi connectivity index (χ1n) is 7.12. The molecule has 4 nitrogen and oxygen atoms in total. The van der Waals surface area contributed by atoms with E-state index in [1.54, 1.807) is 0 Å². The molecule has 0 aliphatic heterocycles. The lowest BCUT2D eigenvalue weighted by atomic mass is 10.0. The first-order valence-corrected chi connectivity index (χ1v) is 7.50. The summed E-state index contributed by atoms with van der Waals surface area (Å²) in [6.07, 6.45) is -4.61. The largest absolute Gasteiger partial charge is 0.480 e. The van der Waals surface area contributed by atoms with Crippen LogP contribution in [0.2, 0.25) is 5.02 Å². The Morgan fingerprint density at radius 2 is 1.60 bits per heavy atom. The van der Waals surface area contributed by atoms with E-state index in [1.165, 1.54) is 36.4 Å². The monoisotopic (exact) mass is 371 g/mol. The van der Waals surface area contributed by atoms with Crippen LogP contribution in [0.25, 0.3) is 0 Å². The van der Waals surface area contributed by atoms with Crippen molar-refractivity contribution in [2.45, 2.75) is 18.6 Å². The number of nitrogens with one attached hydrogen (secondary N) is 1. The highest BCUT2D eigenvalue weighted by atomic mass is 35.5. The Hall–Kier alpha value is -2.54. The highest BCUT2D eigenvalue weighted by Crippen LogP contribution is 2.29. The van der Waals surface area contributed by atoms with Crippen LogP contribution >= 0.6 is 11.6 Å². The fourth-order valence-electron chi connectivity index (χ4n) is 2.11. The van der Waals surface area contributed by atoms with Crippen LogP contribution in [-0.4, -0.2) is 23.0 Å². The molecule has 0 saturated carbocycles. The number of aliphatic carboxylic acids is 1. The third-order valence-corrected chi connectivity index (χ3v) is 3.68. The lowest BCUT2D eigenvalue weighted by molar-refractivity contribution is -0.139. The van der Waals surface area contributed by atoms with E-state index in [2.05, 4.69) is 5.32 Å². The third-order valence-electron chi connectivity index (χ3n) is 3.43. The summed E-state index contributed by atoms with van der Waals surface area (Å²) in [5.41, 5.74) is -0.242. The number of alkyl halides is 3. The zero-order valence-corrected chi connectivity index (χ0v) is 13.4. The van der Waals surface area contributed by atoms with E-state index in [9.17, 15) is 27.9 Å². The minimum atomic E-state index is -4.46. The summed E-state index contributed by atoms with van der Waals surface area (Å²) < 4.78 is 37.6. The van der Waals surface area contributed by atoms with Gasteiger partial charge in [0.1, 0.15) is 6.04 Å². The molecule has 1 atom stereocenters. The molecule has 0 saturated heterocycles. The predicted molar refractivity (Wildman–Crippen MR) is 85.5 cm³/mol. The Labute approximate surface area is 146 Å². The first-order chi connectivity index (χ1) is 11.7. The second-order valence-corrected chi connectivity index (χ2v) is 5.71. The average molecular weight is 372 g/mol. The van der Waals surface area contributed by atoms with Crippen molar-refractivity contribution in [2.75, 3.05) is 0 Å². The van der Waals surface area contributed by atoms with E-state index in [1.807, 2.05) is 0 Å². The normalized spacial score (nSPS) is 12.5. The maximum atomic E-state index is 12.5. The van der Waals surface area contributed by atoms with Gasteiger partial charge in [-0.3, -0.25) is 4.79 Å². The second kappa shape index (κ2) is 7.57. The number of carbonyl (C=O) groups excluding carboxylic acids is 1. The highest BCUT2D eigenvalue weighted by molar-refractivity contribution is 6.30. The van der Waals surface area contributed by atoms with Gasteiger partial charge < -0.3 is 10.4 Å². The Morgan fingerprint density at radius 3 is 2.08 bits per heavy atom. The van der Waals surface area contributed by atoms with Crippen molar-refractivity contribution in [3.63, 3.8) is 0 Å². The van der Waals surface area contributed by atoms with Gasteiger partial charge >= 0.3 is 12.1 Å². The van der Waals surface area contributed by atoms with Crippen molar-refractivity contribution < 1.29 is 27.9 Å². The fourth-order valence-corrected chi connectivity index (χ4v) is 2.23. The molecule has 2 N–H and O–H groups in total. The number of hydrogen-bond donors (Lipinski definition) is 2. The van der Waals surface area contributed by atoms with E-state index >= 15 is 0 Å². The number of hydrogen-bond acceptors (Lipinski definition) is 2. The average Bonchev–Trinajstić information content (AvgIpc) is 2.54. The molecule has 2 aromatic rings. The van der Waals surface area contributed by atoms with Gasteiger partial charge in [-0.2, -0.15) is 13.2 Å². The van der Waals surface area contributed by atoms with Gasteiger partial charge in [0.05, 0.1) is 5.56 Å². The Morgan fingerprint density at radius 1 is 1.04 bits per heavy atom. The van der Waals surface area contributed by atoms with Crippen molar-refractivity contribution in [3.8, 4) is 0 Å². The molecular formula is C17H13ClF3NO3. The first kappa shape index (κ1) is 18.8. The second-order valence-electron chi connectivity index (χ2n) is 5.27. The molecular weight excluding hydrogens is 359 g/mol. The van der Waals surface area contributed by atoms with Crippen LogP contribution in [0.5, 0.6) is 0 Å². The molecule has 0 aliphatic carbocycles. The summed E-state index contributed by atoms with van der Waals surface area (Å²) in [5.74, 6) is -1.90. The maximum Gasteiger partial charge on any atom is 0.416 e. The summed E-state index contributed by atoms with van der Waals surface area (Å²) >= 11 is 5.72.